The van der Waals surface area contributed by atoms with Crippen molar-refractivity contribution in [3.05, 3.63) is 24.0 Å². The van der Waals surface area contributed by atoms with Crippen LogP contribution in [0.4, 0.5) is 0 Å². The molecule has 0 spiro atoms. The molecule has 1 N–H and O–H groups in total. The van der Waals surface area contributed by atoms with E-state index in [0.29, 0.717) is 12.4 Å². The van der Waals surface area contributed by atoms with Crippen molar-refractivity contribution in [1.82, 2.24) is 0 Å². The molecule has 0 saturated carbocycles. The van der Waals surface area contributed by atoms with Crippen molar-refractivity contribution in [1.29, 1.82) is 0 Å². The van der Waals surface area contributed by atoms with Gasteiger partial charge in [0.2, 0.25) is 5.79 Å². The van der Waals surface area contributed by atoms with Gasteiger partial charge in [-0.25, -0.2) is 0 Å². The highest BCUT2D eigenvalue weighted by atomic mass is 16.6. The average Bonchev–Trinajstić information content (AvgIpc) is 2.21. The molecule has 0 fully saturated rings. The van der Waals surface area contributed by atoms with E-state index < -0.39 is 17.9 Å². The van der Waals surface area contributed by atoms with Crippen molar-refractivity contribution in [3.8, 4) is 0 Å². The number of hydrogen-bond donors (Lipinski definition) is 1. The van der Waals surface area contributed by atoms with Gasteiger partial charge in [0.15, 0.2) is 0 Å². The number of hydrogen-bond acceptors (Lipinski definition) is 5. The molecule has 1 rings (SSSR count). The molecular weight excluding hydrogens is 212 g/mol. The Morgan fingerprint density at radius 2 is 2.31 bits per heavy atom. The van der Waals surface area contributed by atoms with Crippen molar-refractivity contribution >= 4 is 5.97 Å². The van der Waals surface area contributed by atoms with Crippen molar-refractivity contribution in [2.24, 2.45) is 0 Å². The number of esters is 1. The van der Waals surface area contributed by atoms with E-state index in [0.717, 1.165) is 0 Å². The topological polar surface area (TPSA) is 65.0 Å². The monoisotopic (exact) mass is 228 g/mol. The molecule has 5 nitrogen and oxygen atoms in total. The molecule has 1 aliphatic carbocycles. The highest BCUT2D eigenvalue weighted by Gasteiger charge is 2.37. The number of rotatable bonds is 4. The molecule has 1 aliphatic rings. The Labute approximate surface area is 94.3 Å². The molecule has 0 radical (unpaired) electrons. The third-order valence-corrected chi connectivity index (χ3v) is 2.10. The highest BCUT2D eigenvalue weighted by molar-refractivity contribution is 5.67. The maximum absolute atomic E-state index is 10.8. The van der Waals surface area contributed by atoms with Crippen LogP contribution in [0.5, 0.6) is 0 Å². The minimum Gasteiger partial charge on any atom is -0.427 e. The minimum absolute atomic E-state index is 0.337. The van der Waals surface area contributed by atoms with Crippen LogP contribution >= 0.6 is 0 Å². The summed E-state index contributed by atoms with van der Waals surface area (Å²) >= 11 is 0. The summed E-state index contributed by atoms with van der Waals surface area (Å²) in [7, 11) is 1.44. The van der Waals surface area contributed by atoms with Gasteiger partial charge in [0.1, 0.15) is 11.9 Å². The second-order valence-corrected chi connectivity index (χ2v) is 3.34. The number of aliphatic hydroxyl groups is 1. The normalized spacial score (nSPS) is 28.8. The second kappa shape index (κ2) is 5.25. The van der Waals surface area contributed by atoms with Crippen LogP contribution in [0.2, 0.25) is 0 Å². The second-order valence-electron chi connectivity index (χ2n) is 3.34. The largest absolute Gasteiger partial charge is 0.427 e. The van der Waals surface area contributed by atoms with E-state index in [1.54, 1.807) is 6.92 Å². The summed E-state index contributed by atoms with van der Waals surface area (Å²) in [5.41, 5.74) is 0. The maximum atomic E-state index is 10.8. The molecular formula is C11H16O5. The summed E-state index contributed by atoms with van der Waals surface area (Å²) in [6.45, 7) is 3.42. The molecule has 0 aromatic rings. The lowest BCUT2D eigenvalue weighted by Gasteiger charge is -2.32. The molecule has 16 heavy (non-hydrogen) atoms. The Hall–Kier alpha value is -1.17. The molecule has 5 heteroatoms. The number of carbonyl (C=O) groups is 1. The molecule has 0 aromatic carbocycles. The summed E-state index contributed by atoms with van der Waals surface area (Å²) in [5.74, 6) is -1.59. The fraction of sp³-hybridized carbons (Fsp3) is 0.545. The van der Waals surface area contributed by atoms with Crippen LogP contribution in [0.1, 0.15) is 13.8 Å². The van der Waals surface area contributed by atoms with E-state index in [1.165, 1.54) is 32.3 Å². The van der Waals surface area contributed by atoms with Gasteiger partial charge in [-0.1, -0.05) is 0 Å². The van der Waals surface area contributed by atoms with Gasteiger partial charge in [0.05, 0.1) is 0 Å². The number of ether oxygens (including phenoxy) is 3. The first-order chi connectivity index (χ1) is 7.51. The Morgan fingerprint density at radius 3 is 2.81 bits per heavy atom. The maximum Gasteiger partial charge on any atom is 0.308 e. The molecule has 0 aromatic heterocycles. The first-order valence-corrected chi connectivity index (χ1v) is 5.00. The third-order valence-electron chi connectivity index (χ3n) is 2.10. The first kappa shape index (κ1) is 12.9. The van der Waals surface area contributed by atoms with Crippen molar-refractivity contribution in [3.63, 3.8) is 0 Å². The average molecular weight is 228 g/mol. The zero-order valence-electron chi connectivity index (χ0n) is 9.60. The van der Waals surface area contributed by atoms with Gasteiger partial charge >= 0.3 is 5.97 Å². The van der Waals surface area contributed by atoms with Crippen LogP contribution in [0.3, 0.4) is 0 Å². The molecule has 90 valence electrons. The Kier molecular flexibility index (Phi) is 4.23. The molecule has 2 atom stereocenters. The van der Waals surface area contributed by atoms with Crippen LogP contribution in [0, 0.1) is 0 Å². The van der Waals surface area contributed by atoms with Crippen molar-refractivity contribution < 1.29 is 24.1 Å². The fourth-order valence-electron chi connectivity index (χ4n) is 1.45. The Morgan fingerprint density at radius 1 is 1.62 bits per heavy atom. The van der Waals surface area contributed by atoms with E-state index in [1.807, 2.05) is 0 Å². The van der Waals surface area contributed by atoms with E-state index in [4.69, 9.17) is 14.2 Å². The van der Waals surface area contributed by atoms with Gasteiger partial charge < -0.3 is 19.3 Å². The molecule has 2 unspecified atom stereocenters. The summed E-state index contributed by atoms with van der Waals surface area (Å²) in [6.07, 6.45) is 3.68. The van der Waals surface area contributed by atoms with Gasteiger partial charge in [-0.3, -0.25) is 4.79 Å². The van der Waals surface area contributed by atoms with E-state index in [2.05, 4.69) is 0 Å². The smallest absolute Gasteiger partial charge is 0.308 e. The number of allylic oxidation sites excluding steroid dienone is 1. The zero-order valence-corrected chi connectivity index (χ0v) is 9.60. The summed E-state index contributed by atoms with van der Waals surface area (Å²) < 4.78 is 15.1. The van der Waals surface area contributed by atoms with Gasteiger partial charge in [0, 0.05) is 20.6 Å². The molecule has 0 aliphatic heterocycles. The van der Waals surface area contributed by atoms with Crippen molar-refractivity contribution in [2.75, 3.05) is 13.7 Å². The fourth-order valence-corrected chi connectivity index (χ4v) is 1.45. The van der Waals surface area contributed by atoms with E-state index >= 15 is 0 Å². The molecule has 0 saturated heterocycles. The van der Waals surface area contributed by atoms with Crippen LogP contribution in [-0.2, 0) is 19.0 Å². The van der Waals surface area contributed by atoms with Gasteiger partial charge in [-0.05, 0) is 25.2 Å². The molecule has 0 bridgehead atoms. The predicted molar refractivity (Wildman–Crippen MR) is 56.4 cm³/mol. The lowest BCUT2D eigenvalue weighted by atomic mass is 10.0. The quantitative estimate of drug-likeness (QED) is 0.568. The summed E-state index contributed by atoms with van der Waals surface area (Å²) in [5, 5.41) is 10.1. The lowest BCUT2D eigenvalue weighted by molar-refractivity contribution is -0.216. The van der Waals surface area contributed by atoms with E-state index in [9.17, 15) is 9.90 Å². The zero-order chi connectivity index (χ0) is 12.2. The van der Waals surface area contributed by atoms with Gasteiger partial charge in [0.25, 0.3) is 0 Å². The predicted octanol–water partition coefficient (Wildman–Crippen LogP) is 0.743. The van der Waals surface area contributed by atoms with Crippen LogP contribution < -0.4 is 0 Å². The minimum atomic E-state index is -1.51. The summed E-state index contributed by atoms with van der Waals surface area (Å²) in [4.78, 5) is 10.8. The van der Waals surface area contributed by atoms with Crippen LogP contribution in [0.25, 0.3) is 0 Å². The number of methoxy groups -OCH3 is 1. The van der Waals surface area contributed by atoms with Gasteiger partial charge in [-0.15, -0.1) is 0 Å². The Bertz CT molecular complexity index is 320. The standard InChI is InChI=1S/C11H16O5/c1-4-15-11(13)6-5-9(16-8(2)12)7-10(11)14-3/h5-7,10,13H,4H2,1-3H3. The lowest BCUT2D eigenvalue weighted by Crippen LogP contribution is -2.45. The number of carbonyl (C=O) groups excluding carboxylic acids is 1. The van der Waals surface area contributed by atoms with Crippen LogP contribution in [0.15, 0.2) is 24.0 Å². The van der Waals surface area contributed by atoms with Gasteiger partial charge in [-0.2, -0.15) is 0 Å². The molecule has 0 heterocycles. The van der Waals surface area contributed by atoms with E-state index in [-0.39, 0.29) is 0 Å². The first-order valence-electron chi connectivity index (χ1n) is 5.00. The van der Waals surface area contributed by atoms with Crippen LogP contribution in [-0.4, -0.2) is 36.7 Å². The summed E-state index contributed by atoms with van der Waals surface area (Å²) in [6, 6.07) is 0. The third kappa shape index (κ3) is 2.91. The highest BCUT2D eigenvalue weighted by Crippen LogP contribution is 2.25. The van der Waals surface area contributed by atoms with Crippen molar-refractivity contribution in [2.45, 2.75) is 25.7 Å². The Balaban J connectivity index is 2.82. The SMILES string of the molecule is CCOC1(O)C=CC(OC(C)=O)=CC1OC. The molecule has 0 amide bonds.